The van der Waals surface area contributed by atoms with Crippen molar-refractivity contribution in [3.05, 3.63) is 47.9 Å². The molecule has 3 atom stereocenters. The summed E-state index contributed by atoms with van der Waals surface area (Å²) < 4.78 is 6.64. The molecule has 1 saturated heterocycles. The van der Waals surface area contributed by atoms with E-state index in [-0.39, 0.29) is 23.3 Å². The second-order valence-corrected chi connectivity index (χ2v) is 4.52. The fourth-order valence-electron chi connectivity index (χ4n) is 2.20. The van der Waals surface area contributed by atoms with E-state index in [2.05, 4.69) is 15.3 Å². The van der Waals surface area contributed by atoms with E-state index < -0.39 is 29.6 Å². The molecular formula is C10H12N6O5. The van der Waals surface area contributed by atoms with Crippen LogP contribution in [0.1, 0.15) is 18.2 Å². The maximum absolute atomic E-state index is 12.0. The molecule has 0 aromatic carbocycles. The van der Waals surface area contributed by atoms with Crippen molar-refractivity contribution in [2.24, 2.45) is 10.4 Å². The van der Waals surface area contributed by atoms with E-state index in [0.29, 0.717) is 0 Å². The fraction of sp³-hybridized carbons (Fsp3) is 0.600. The standard InChI is InChI=1S/C10H12N6O5/c1-5-3-15(10(19)16(14-20)9(5)18)8-2-6(12-13-11)7(4-17)21-8/h3,6-8,17H,2,4H2,1H3/t6-,7+,8+/m0/s1. The van der Waals surface area contributed by atoms with Gasteiger partial charge in [-0.15, -0.1) is 9.58 Å². The summed E-state index contributed by atoms with van der Waals surface area (Å²) in [5.41, 5.74) is 6.83. The molecular weight excluding hydrogens is 284 g/mol. The van der Waals surface area contributed by atoms with Gasteiger partial charge in [-0.05, 0) is 12.5 Å². The lowest BCUT2D eigenvalue weighted by Gasteiger charge is -2.15. The first-order valence-electron chi connectivity index (χ1n) is 6.02. The smallest absolute Gasteiger partial charge is 0.356 e. The van der Waals surface area contributed by atoms with Gasteiger partial charge >= 0.3 is 5.69 Å². The van der Waals surface area contributed by atoms with Crippen LogP contribution in [0.4, 0.5) is 0 Å². The number of nitroso groups, excluding NO2 is 1. The molecule has 1 aromatic heterocycles. The highest BCUT2D eigenvalue weighted by atomic mass is 16.5. The second-order valence-electron chi connectivity index (χ2n) is 4.52. The molecule has 11 heteroatoms. The number of aromatic nitrogens is 2. The minimum atomic E-state index is -0.955. The van der Waals surface area contributed by atoms with E-state index in [1.165, 1.54) is 13.1 Å². The molecule has 1 aliphatic rings. The molecule has 1 N–H and O–H groups in total. The summed E-state index contributed by atoms with van der Waals surface area (Å²) in [6.45, 7) is 1.03. The highest BCUT2D eigenvalue weighted by Crippen LogP contribution is 2.29. The van der Waals surface area contributed by atoms with Gasteiger partial charge in [-0.2, -0.15) is 0 Å². The van der Waals surface area contributed by atoms with E-state index in [0.717, 1.165) is 4.57 Å². The predicted molar refractivity (Wildman–Crippen MR) is 69.4 cm³/mol. The average Bonchev–Trinajstić information content (AvgIpc) is 2.87. The molecule has 1 aromatic rings. The van der Waals surface area contributed by atoms with Gasteiger partial charge in [0.2, 0.25) is 0 Å². The number of azide groups is 1. The quantitative estimate of drug-likeness (QED) is 0.353. The summed E-state index contributed by atoms with van der Waals surface area (Å²) in [5, 5.41) is 15.1. The Kier molecular flexibility index (Phi) is 4.17. The Morgan fingerprint density at radius 3 is 2.86 bits per heavy atom. The van der Waals surface area contributed by atoms with Gasteiger partial charge in [0.15, 0.2) is 0 Å². The lowest BCUT2D eigenvalue weighted by atomic mass is 10.1. The highest BCUT2D eigenvalue weighted by Gasteiger charge is 2.36. The molecule has 0 saturated carbocycles. The molecule has 2 heterocycles. The normalized spacial score (nSPS) is 24.6. The number of rotatable bonds is 4. The Morgan fingerprint density at radius 1 is 1.57 bits per heavy atom. The molecule has 0 bridgehead atoms. The van der Waals surface area contributed by atoms with Crippen LogP contribution in [0.25, 0.3) is 10.4 Å². The maximum Gasteiger partial charge on any atom is 0.356 e. The SMILES string of the molecule is Cc1cn([C@H]2C[C@H](N=[N+]=[N-])[C@@H](CO)O2)c(=O)n(N=O)c1=O. The van der Waals surface area contributed by atoms with E-state index in [1.54, 1.807) is 0 Å². The zero-order chi connectivity index (χ0) is 15.6. The number of hydrogen-bond donors (Lipinski definition) is 1. The summed E-state index contributed by atoms with van der Waals surface area (Å²) >= 11 is 0. The van der Waals surface area contributed by atoms with E-state index >= 15 is 0 Å². The average molecular weight is 296 g/mol. The van der Waals surface area contributed by atoms with Crippen molar-refractivity contribution in [3.8, 4) is 0 Å². The van der Waals surface area contributed by atoms with Crippen molar-refractivity contribution in [1.82, 2.24) is 9.24 Å². The molecule has 2 rings (SSSR count). The molecule has 21 heavy (non-hydrogen) atoms. The Labute approximate surface area is 117 Å². The molecule has 0 unspecified atom stereocenters. The number of aliphatic hydroxyl groups is 1. The molecule has 0 amide bonds. The molecule has 0 spiro atoms. The zero-order valence-electron chi connectivity index (χ0n) is 11.0. The summed E-state index contributed by atoms with van der Waals surface area (Å²) in [5.74, 6) is 0. The molecule has 11 nitrogen and oxygen atoms in total. The van der Waals surface area contributed by atoms with Crippen LogP contribution in [-0.2, 0) is 4.74 Å². The van der Waals surface area contributed by atoms with Crippen LogP contribution < -0.4 is 11.2 Å². The first kappa shape index (κ1) is 14.9. The van der Waals surface area contributed by atoms with E-state index in [1.807, 2.05) is 0 Å². The van der Waals surface area contributed by atoms with Crippen LogP contribution in [-0.4, -0.2) is 33.1 Å². The van der Waals surface area contributed by atoms with Crippen molar-refractivity contribution >= 4 is 0 Å². The van der Waals surface area contributed by atoms with Gasteiger partial charge in [0.1, 0.15) is 6.23 Å². The lowest BCUT2D eigenvalue weighted by Crippen LogP contribution is -2.40. The van der Waals surface area contributed by atoms with Gasteiger partial charge in [0.25, 0.3) is 5.56 Å². The molecule has 112 valence electrons. The van der Waals surface area contributed by atoms with Gasteiger partial charge in [-0.1, -0.05) is 5.11 Å². The van der Waals surface area contributed by atoms with Crippen LogP contribution >= 0.6 is 0 Å². The van der Waals surface area contributed by atoms with E-state index in [9.17, 15) is 19.6 Å². The molecule has 0 aliphatic carbocycles. The van der Waals surface area contributed by atoms with Crippen molar-refractivity contribution in [3.63, 3.8) is 0 Å². The van der Waals surface area contributed by atoms with Crippen LogP contribution in [0.2, 0.25) is 0 Å². The Morgan fingerprint density at radius 2 is 2.29 bits per heavy atom. The third kappa shape index (κ3) is 2.57. The summed E-state index contributed by atoms with van der Waals surface area (Å²) in [6.07, 6.45) is -0.254. The monoisotopic (exact) mass is 296 g/mol. The first-order chi connectivity index (χ1) is 10.0. The number of ether oxygens (including phenoxy) is 1. The minimum Gasteiger partial charge on any atom is -0.394 e. The molecule has 1 fully saturated rings. The third-order valence-electron chi connectivity index (χ3n) is 3.24. The van der Waals surface area contributed by atoms with Gasteiger partial charge < -0.3 is 9.84 Å². The van der Waals surface area contributed by atoms with E-state index in [4.69, 9.17) is 10.3 Å². The maximum atomic E-state index is 12.0. The van der Waals surface area contributed by atoms with Crippen molar-refractivity contribution in [1.29, 1.82) is 0 Å². The van der Waals surface area contributed by atoms with Crippen molar-refractivity contribution < 1.29 is 9.84 Å². The van der Waals surface area contributed by atoms with Crippen LogP contribution in [0, 0.1) is 11.8 Å². The van der Waals surface area contributed by atoms with Gasteiger partial charge in [0.05, 0.1) is 24.0 Å². The van der Waals surface area contributed by atoms with Crippen LogP contribution in [0.3, 0.4) is 0 Å². The first-order valence-corrected chi connectivity index (χ1v) is 6.02. The lowest BCUT2D eigenvalue weighted by molar-refractivity contribution is -0.0276. The molecule has 0 radical (unpaired) electrons. The topological polar surface area (TPSA) is 152 Å². The predicted octanol–water partition coefficient (Wildman–Crippen LogP) is -0.193. The Balaban J connectivity index is 2.47. The summed E-state index contributed by atoms with van der Waals surface area (Å²) in [6, 6.07) is -0.651. The van der Waals surface area contributed by atoms with Gasteiger partial charge in [-0.3, -0.25) is 9.36 Å². The summed E-state index contributed by atoms with van der Waals surface area (Å²) in [4.78, 5) is 36.9. The molecule has 1 aliphatic heterocycles. The number of aryl methyl sites for hydroxylation is 1. The van der Waals surface area contributed by atoms with Crippen molar-refractivity contribution in [2.75, 3.05) is 6.61 Å². The third-order valence-corrected chi connectivity index (χ3v) is 3.24. The van der Waals surface area contributed by atoms with Crippen LogP contribution in [0.15, 0.2) is 26.2 Å². The van der Waals surface area contributed by atoms with Crippen LogP contribution in [0.5, 0.6) is 0 Å². The minimum absolute atomic E-state index is 0.130. The Bertz CT molecular complexity index is 718. The van der Waals surface area contributed by atoms with Crippen molar-refractivity contribution in [2.45, 2.75) is 31.7 Å². The largest absolute Gasteiger partial charge is 0.394 e. The fourth-order valence-corrected chi connectivity index (χ4v) is 2.20. The zero-order valence-corrected chi connectivity index (χ0v) is 11.0. The number of aliphatic hydroxyl groups excluding tert-OH is 1. The highest BCUT2D eigenvalue weighted by molar-refractivity contribution is 5.04. The number of hydrogen-bond acceptors (Lipinski definition) is 7. The van der Waals surface area contributed by atoms with Gasteiger partial charge in [0, 0.05) is 23.1 Å². The summed E-state index contributed by atoms with van der Waals surface area (Å²) in [7, 11) is 0. The van der Waals surface area contributed by atoms with Gasteiger partial charge in [-0.25, -0.2) is 4.79 Å². The Hall–Kier alpha value is -2.49. The second kappa shape index (κ2) is 5.87. The number of nitrogens with zero attached hydrogens (tertiary/aromatic N) is 6.